The van der Waals surface area contributed by atoms with Crippen LogP contribution >= 0.6 is 0 Å². The Labute approximate surface area is 210 Å². The first kappa shape index (κ1) is 30.2. The van der Waals surface area contributed by atoms with Crippen LogP contribution in [0.2, 0.25) is 0 Å². The predicted molar refractivity (Wildman–Crippen MR) is 122 cm³/mol. The number of carboxylic acids is 1. The third-order valence-electron chi connectivity index (χ3n) is 4.02. The summed E-state index contributed by atoms with van der Waals surface area (Å²) in [6.45, 7) is 2.19. The molecule has 0 aliphatic rings. The van der Waals surface area contributed by atoms with E-state index in [1.54, 1.807) is 13.8 Å². The van der Waals surface area contributed by atoms with Gasteiger partial charge in [0.2, 0.25) is 11.5 Å². The van der Waals surface area contributed by atoms with Crippen molar-refractivity contribution in [2.75, 3.05) is 27.4 Å². The number of aromatic hydroxyl groups is 4. The minimum Gasteiger partial charge on any atom is -0.504 e. The molecule has 0 bridgehead atoms. The number of carbonyl (C=O) groups excluding carboxylic acids is 3. The van der Waals surface area contributed by atoms with Gasteiger partial charge in [0, 0.05) is 0 Å². The molecule has 0 amide bonds. The number of ether oxygens (including phenoxy) is 5. The van der Waals surface area contributed by atoms with Gasteiger partial charge in [0.15, 0.2) is 36.2 Å². The van der Waals surface area contributed by atoms with Crippen molar-refractivity contribution in [1.29, 1.82) is 0 Å². The monoisotopic (exact) mass is 526 g/mol. The van der Waals surface area contributed by atoms with Crippen molar-refractivity contribution in [1.82, 2.24) is 0 Å². The first-order chi connectivity index (χ1) is 17.3. The molecule has 0 aromatic heterocycles. The van der Waals surface area contributed by atoms with Crippen LogP contribution in [-0.4, -0.2) is 82.9 Å². The topological polar surface area (TPSA) is 216 Å². The molecule has 5 N–H and O–H groups in total. The molecule has 0 heterocycles. The summed E-state index contributed by atoms with van der Waals surface area (Å²) in [4.78, 5) is 44.1. The number of rotatable bonds is 9. The number of carbonyl (C=O) groups is 4. The van der Waals surface area contributed by atoms with Crippen LogP contribution in [0.4, 0.5) is 0 Å². The second-order valence-electron chi connectivity index (χ2n) is 7.18. The Balaban J connectivity index is 0.000000375. The molecule has 0 unspecified atom stereocenters. The molecule has 0 spiro atoms. The number of phenols is 4. The van der Waals surface area contributed by atoms with Gasteiger partial charge >= 0.3 is 23.9 Å². The van der Waals surface area contributed by atoms with Crippen molar-refractivity contribution >= 4 is 23.9 Å². The molecule has 0 saturated heterocycles. The molecule has 0 atom stereocenters. The smallest absolute Gasteiger partial charge is 0.344 e. The van der Waals surface area contributed by atoms with Crippen molar-refractivity contribution in [3.63, 3.8) is 0 Å². The highest BCUT2D eigenvalue weighted by Gasteiger charge is 2.18. The van der Waals surface area contributed by atoms with Crippen LogP contribution in [0.1, 0.15) is 34.6 Å². The Morgan fingerprint density at radius 2 is 1.14 bits per heavy atom. The van der Waals surface area contributed by atoms with Crippen LogP contribution in [0.15, 0.2) is 24.3 Å². The summed E-state index contributed by atoms with van der Waals surface area (Å²) in [6, 6.07) is 4.24. The lowest BCUT2D eigenvalue weighted by atomic mass is 10.2. The van der Waals surface area contributed by atoms with E-state index < -0.39 is 60.1 Å². The zero-order chi connectivity index (χ0) is 28.3. The fourth-order valence-electron chi connectivity index (χ4n) is 2.45. The summed E-state index contributed by atoms with van der Waals surface area (Å²) in [5, 5.41) is 46.1. The lowest BCUT2D eigenvalue weighted by Gasteiger charge is -2.11. The van der Waals surface area contributed by atoms with Gasteiger partial charge in [0.1, 0.15) is 0 Å². The van der Waals surface area contributed by atoms with Gasteiger partial charge in [-0.1, -0.05) is 0 Å². The maximum Gasteiger partial charge on any atom is 0.344 e. The summed E-state index contributed by atoms with van der Waals surface area (Å²) in [6.07, 6.45) is -0.297. The van der Waals surface area contributed by atoms with Gasteiger partial charge in [-0.2, -0.15) is 0 Å². The molecular formula is C23H26O14. The van der Waals surface area contributed by atoms with Gasteiger partial charge in [-0.3, -0.25) is 0 Å². The largest absolute Gasteiger partial charge is 0.504 e. The van der Waals surface area contributed by atoms with Crippen LogP contribution in [0.25, 0.3) is 0 Å². The zero-order valence-corrected chi connectivity index (χ0v) is 20.2. The fraction of sp³-hybridized carbons (Fsp3) is 0.304. The number of methoxy groups -OCH3 is 2. The van der Waals surface area contributed by atoms with E-state index in [2.05, 4.69) is 9.47 Å². The minimum absolute atomic E-state index is 0.0185. The van der Waals surface area contributed by atoms with Gasteiger partial charge in [0.25, 0.3) is 0 Å². The summed E-state index contributed by atoms with van der Waals surface area (Å²) < 4.78 is 23.5. The Hall–Kier alpha value is -4.88. The number of carboxylic acid groups (broad SMARTS) is 1. The van der Waals surface area contributed by atoms with Crippen LogP contribution in [-0.2, 0) is 23.8 Å². The number of hydrogen-bond donors (Lipinski definition) is 5. The van der Waals surface area contributed by atoms with Crippen molar-refractivity contribution in [2.45, 2.75) is 20.0 Å². The van der Waals surface area contributed by atoms with Crippen LogP contribution in [0.5, 0.6) is 34.5 Å². The summed E-state index contributed by atoms with van der Waals surface area (Å²) >= 11 is 0. The predicted octanol–water partition coefficient (Wildman–Crippen LogP) is 1.56. The summed E-state index contributed by atoms with van der Waals surface area (Å²) in [7, 11) is 2.32. The van der Waals surface area contributed by atoms with Crippen molar-refractivity contribution < 1.29 is 68.4 Å². The molecule has 14 nitrogen and oxygen atoms in total. The quantitative estimate of drug-likeness (QED) is 0.178. The summed E-state index contributed by atoms with van der Waals surface area (Å²) in [5.41, 5.74) is -0.0850. The maximum absolute atomic E-state index is 11.4. The van der Waals surface area contributed by atoms with Gasteiger partial charge in [-0.25, -0.2) is 19.2 Å². The molecule has 0 radical (unpaired) electrons. The van der Waals surface area contributed by atoms with E-state index in [1.807, 2.05) is 0 Å². The van der Waals surface area contributed by atoms with Crippen LogP contribution < -0.4 is 9.47 Å². The molecule has 2 rings (SSSR count). The van der Waals surface area contributed by atoms with E-state index in [1.165, 1.54) is 7.11 Å². The highest BCUT2D eigenvalue weighted by molar-refractivity contribution is 5.91. The maximum atomic E-state index is 11.4. The lowest BCUT2D eigenvalue weighted by Crippen LogP contribution is -2.18. The second kappa shape index (κ2) is 13.9. The van der Waals surface area contributed by atoms with Gasteiger partial charge < -0.3 is 49.2 Å². The molecule has 0 fully saturated rings. The number of aliphatic carboxylic acids is 1. The van der Waals surface area contributed by atoms with Crippen LogP contribution in [0, 0.1) is 0 Å². The Kier molecular flexibility index (Phi) is 11.3. The minimum atomic E-state index is -1.26. The molecule has 2 aromatic carbocycles. The molecule has 0 saturated carbocycles. The molecule has 14 heteroatoms. The van der Waals surface area contributed by atoms with Gasteiger partial charge in [-0.05, 0) is 38.1 Å². The third-order valence-corrected chi connectivity index (χ3v) is 4.02. The zero-order valence-electron chi connectivity index (χ0n) is 20.2. The van der Waals surface area contributed by atoms with E-state index in [-0.39, 0.29) is 28.7 Å². The molecule has 37 heavy (non-hydrogen) atoms. The molecule has 202 valence electrons. The van der Waals surface area contributed by atoms with Crippen LogP contribution in [0.3, 0.4) is 0 Å². The number of benzene rings is 2. The number of phenolic OH excluding ortho intramolecular Hbond substituents is 4. The highest BCUT2D eigenvalue weighted by Crippen LogP contribution is 2.37. The standard InChI is InChI=1S/C13H16O7.C10H10O7/c1-7(2)20-11(15)6-19-10-5-8(13(17)18-3)4-9(14)12(10)16;1-16-10(15)5-2-6(11)9(14)7(3-5)17-4-8(12)13/h4-5,7,14,16H,6H2,1-3H3;2-3,11,14H,4H2,1H3,(H,12,13). The SMILES string of the molecule is COC(=O)c1cc(O)c(O)c(OCC(=O)O)c1.COC(=O)c1cc(O)c(O)c(OCC(=O)OC(C)C)c1. The normalized spacial score (nSPS) is 9.97. The number of esters is 3. The summed E-state index contributed by atoms with van der Waals surface area (Å²) in [5.74, 6) is -6.26. The lowest BCUT2D eigenvalue weighted by molar-refractivity contribution is -0.149. The molecule has 2 aromatic rings. The average Bonchev–Trinajstić information content (AvgIpc) is 2.84. The second-order valence-corrected chi connectivity index (χ2v) is 7.18. The van der Waals surface area contributed by atoms with Gasteiger partial charge in [-0.15, -0.1) is 0 Å². The van der Waals surface area contributed by atoms with E-state index in [0.717, 1.165) is 31.4 Å². The fourth-order valence-corrected chi connectivity index (χ4v) is 2.45. The van der Waals surface area contributed by atoms with E-state index >= 15 is 0 Å². The highest BCUT2D eigenvalue weighted by atomic mass is 16.6. The first-order valence-corrected chi connectivity index (χ1v) is 10.3. The van der Waals surface area contributed by atoms with E-state index in [9.17, 15) is 39.6 Å². The molecule has 0 aliphatic carbocycles. The molecule has 0 aliphatic heterocycles. The Bertz CT molecular complexity index is 1140. The number of hydrogen-bond acceptors (Lipinski definition) is 13. The van der Waals surface area contributed by atoms with Crippen molar-refractivity contribution in [3.8, 4) is 34.5 Å². The average molecular weight is 526 g/mol. The Morgan fingerprint density at radius 1 is 0.730 bits per heavy atom. The molecular weight excluding hydrogens is 500 g/mol. The van der Waals surface area contributed by atoms with Crippen molar-refractivity contribution in [2.24, 2.45) is 0 Å². The first-order valence-electron chi connectivity index (χ1n) is 10.3. The van der Waals surface area contributed by atoms with E-state index in [4.69, 9.17) is 19.3 Å². The van der Waals surface area contributed by atoms with Gasteiger partial charge in [0.05, 0.1) is 31.5 Å². The van der Waals surface area contributed by atoms with Crippen molar-refractivity contribution in [3.05, 3.63) is 35.4 Å². The Morgan fingerprint density at radius 3 is 1.49 bits per heavy atom. The van der Waals surface area contributed by atoms with E-state index in [0.29, 0.717) is 0 Å². The third kappa shape index (κ3) is 9.35.